The molecule has 4 N–H and O–H groups in total. The van der Waals surface area contributed by atoms with Crippen molar-refractivity contribution >= 4 is 11.7 Å². The monoisotopic (exact) mass is 497 g/mol. The van der Waals surface area contributed by atoms with Crippen LogP contribution in [0.4, 0.5) is 10.2 Å². The van der Waals surface area contributed by atoms with Gasteiger partial charge in [0.1, 0.15) is 23.1 Å². The fourth-order valence-corrected chi connectivity index (χ4v) is 2.89. The number of pyridine rings is 1. The van der Waals surface area contributed by atoms with Crippen molar-refractivity contribution in [3.8, 4) is 22.8 Å². The number of aromatic nitrogens is 1. The molecule has 0 saturated carbocycles. The van der Waals surface area contributed by atoms with Gasteiger partial charge in [0.25, 0.3) is 0 Å². The van der Waals surface area contributed by atoms with Crippen LogP contribution in [0.2, 0.25) is 0 Å². The van der Waals surface area contributed by atoms with Crippen LogP contribution in [0, 0.1) is 11.7 Å². The van der Waals surface area contributed by atoms with Crippen LogP contribution in [0.1, 0.15) is 40.2 Å². The number of carbonyl (C=O) groups is 1. The molecule has 0 saturated heterocycles. The number of nitrogens with two attached hydrogens (primary N) is 1. The van der Waals surface area contributed by atoms with Crippen LogP contribution < -0.4 is 15.8 Å². The Balaban J connectivity index is 0.00000106. The quantitative estimate of drug-likeness (QED) is 0.336. The number of hydrogen-bond acceptors (Lipinski definition) is 6. The van der Waals surface area contributed by atoms with Gasteiger partial charge in [-0.05, 0) is 92.4 Å². The van der Waals surface area contributed by atoms with Gasteiger partial charge in [-0.1, -0.05) is 20.8 Å². The zero-order valence-electron chi connectivity index (χ0n) is 21.5. The topological polar surface area (TPSA) is 107 Å². The highest BCUT2D eigenvalue weighted by molar-refractivity contribution is 5.91. The number of ether oxygens (including phenoxy) is 2. The minimum absolute atomic E-state index is 0.154. The van der Waals surface area contributed by atoms with E-state index in [1.807, 2.05) is 18.2 Å². The van der Waals surface area contributed by atoms with Crippen LogP contribution in [0.25, 0.3) is 11.3 Å². The van der Waals surface area contributed by atoms with Crippen molar-refractivity contribution in [1.29, 1.82) is 0 Å². The van der Waals surface area contributed by atoms with Gasteiger partial charge in [0.2, 0.25) is 5.91 Å². The Morgan fingerprint density at radius 3 is 2.14 bits per heavy atom. The number of carbonyl (C=O) groups excluding carboxylic acids is 1. The summed E-state index contributed by atoms with van der Waals surface area (Å²) in [5, 5.41) is 12.4. The standard InChI is InChI=1S/C24H26FN3O4.C4H10/c1-24(2,30)31-12-11-16-13-21(27-22(14-16)28-23(29)15-26)17-3-7-19(8-4-17)32-20-9-5-18(25)6-10-20;1-4(2)3/h3-10,13-14,30H,11-12,15,26H2,1-2H3,(H,27,28,29);4H,1-3H3. The maximum absolute atomic E-state index is 13.1. The van der Waals surface area contributed by atoms with E-state index in [4.69, 9.17) is 15.2 Å². The molecular weight excluding hydrogens is 461 g/mol. The largest absolute Gasteiger partial charge is 0.457 e. The number of aliphatic hydroxyl groups is 1. The molecule has 7 nitrogen and oxygen atoms in total. The van der Waals surface area contributed by atoms with E-state index >= 15 is 0 Å². The van der Waals surface area contributed by atoms with Gasteiger partial charge in [-0.15, -0.1) is 0 Å². The molecule has 0 fully saturated rings. The summed E-state index contributed by atoms with van der Waals surface area (Å²) >= 11 is 0. The minimum Gasteiger partial charge on any atom is -0.457 e. The summed E-state index contributed by atoms with van der Waals surface area (Å²) in [5.74, 6) is 0.417. The molecule has 3 aromatic rings. The first-order valence-corrected chi connectivity index (χ1v) is 11.9. The molecule has 1 amide bonds. The number of hydrogen-bond donors (Lipinski definition) is 3. The normalized spacial score (nSPS) is 11.0. The van der Waals surface area contributed by atoms with Crippen LogP contribution in [0.15, 0.2) is 60.7 Å². The maximum atomic E-state index is 13.1. The number of anilines is 1. The third-order valence-corrected chi connectivity index (χ3v) is 4.38. The second-order valence-corrected chi connectivity index (χ2v) is 9.36. The zero-order valence-corrected chi connectivity index (χ0v) is 21.5. The van der Waals surface area contributed by atoms with Gasteiger partial charge >= 0.3 is 0 Å². The minimum atomic E-state index is -1.23. The van der Waals surface area contributed by atoms with E-state index in [0.717, 1.165) is 17.0 Å². The average Bonchev–Trinajstić information content (AvgIpc) is 2.79. The van der Waals surface area contributed by atoms with Crippen LogP contribution >= 0.6 is 0 Å². The molecule has 2 aromatic carbocycles. The molecule has 3 rings (SSSR count). The summed E-state index contributed by atoms with van der Waals surface area (Å²) in [6.07, 6.45) is 0.511. The Hall–Kier alpha value is -3.33. The van der Waals surface area contributed by atoms with Crippen LogP contribution in [0.5, 0.6) is 11.5 Å². The number of halogens is 1. The maximum Gasteiger partial charge on any atom is 0.239 e. The average molecular weight is 498 g/mol. The molecule has 0 atom stereocenters. The van der Waals surface area contributed by atoms with Gasteiger partial charge in [-0.25, -0.2) is 9.37 Å². The van der Waals surface area contributed by atoms with Gasteiger partial charge in [0.05, 0.1) is 18.8 Å². The molecule has 0 aliphatic carbocycles. The van der Waals surface area contributed by atoms with Gasteiger partial charge < -0.3 is 25.6 Å². The highest BCUT2D eigenvalue weighted by Gasteiger charge is 2.13. The predicted octanol–water partition coefficient (Wildman–Crippen LogP) is 5.53. The molecule has 0 spiro atoms. The molecule has 0 aliphatic rings. The molecule has 0 bridgehead atoms. The Morgan fingerprint density at radius 1 is 1.06 bits per heavy atom. The van der Waals surface area contributed by atoms with E-state index in [0.29, 0.717) is 36.0 Å². The van der Waals surface area contributed by atoms with Crippen molar-refractivity contribution in [2.24, 2.45) is 11.7 Å². The summed E-state index contributed by atoms with van der Waals surface area (Å²) in [7, 11) is 0. The SMILES string of the molecule is CC(C)(O)OCCc1cc(NC(=O)CN)nc(-c2ccc(Oc3ccc(F)cc3)cc2)c1.CC(C)C. The smallest absolute Gasteiger partial charge is 0.239 e. The Labute approximate surface area is 212 Å². The molecule has 0 radical (unpaired) electrons. The second kappa shape index (κ2) is 13.7. The van der Waals surface area contributed by atoms with Gasteiger partial charge in [-0.3, -0.25) is 4.79 Å². The Morgan fingerprint density at radius 2 is 1.61 bits per heavy atom. The fourth-order valence-electron chi connectivity index (χ4n) is 2.89. The zero-order chi connectivity index (χ0) is 26.7. The van der Waals surface area contributed by atoms with Gasteiger partial charge in [0.15, 0.2) is 5.79 Å². The van der Waals surface area contributed by atoms with E-state index < -0.39 is 5.79 Å². The summed E-state index contributed by atoms with van der Waals surface area (Å²) in [6, 6.07) is 16.6. The molecule has 1 aromatic heterocycles. The molecule has 0 aliphatic heterocycles. The predicted molar refractivity (Wildman–Crippen MR) is 140 cm³/mol. The van der Waals surface area contributed by atoms with E-state index in [2.05, 4.69) is 31.1 Å². The first-order valence-electron chi connectivity index (χ1n) is 11.9. The van der Waals surface area contributed by atoms with Gasteiger partial charge in [0, 0.05) is 5.56 Å². The summed E-state index contributed by atoms with van der Waals surface area (Å²) in [4.78, 5) is 16.3. The molecule has 36 heavy (non-hydrogen) atoms. The number of benzene rings is 2. The van der Waals surface area contributed by atoms with Crippen LogP contribution in [0.3, 0.4) is 0 Å². The van der Waals surface area contributed by atoms with Crippen molar-refractivity contribution in [1.82, 2.24) is 4.98 Å². The highest BCUT2D eigenvalue weighted by Crippen LogP contribution is 2.27. The molecule has 1 heterocycles. The van der Waals surface area contributed by atoms with E-state index in [1.54, 1.807) is 44.2 Å². The van der Waals surface area contributed by atoms with Crippen LogP contribution in [-0.4, -0.2) is 34.9 Å². The van der Waals surface area contributed by atoms with Crippen molar-refractivity contribution in [2.45, 2.75) is 46.8 Å². The summed E-state index contributed by atoms with van der Waals surface area (Å²) in [5.41, 5.74) is 7.73. The highest BCUT2D eigenvalue weighted by atomic mass is 19.1. The van der Waals surface area contributed by atoms with Crippen molar-refractivity contribution < 1.29 is 23.8 Å². The lowest BCUT2D eigenvalue weighted by Gasteiger charge is -2.18. The number of amides is 1. The van der Waals surface area contributed by atoms with Crippen molar-refractivity contribution in [2.75, 3.05) is 18.5 Å². The second-order valence-electron chi connectivity index (χ2n) is 9.36. The van der Waals surface area contributed by atoms with Crippen LogP contribution in [-0.2, 0) is 16.0 Å². The third-order valence-electron chi connectivity index (χ3n) is 4.38. The number of rotatable bonds is 9. The lowest BCUT2D eigenvalue weighted by atomic mass is 10.1. The number of nitrogens with one attached hydrogen (secondary N) is 1. The molecule has 194 valence electrons. The van der Waals surface area contributed by atoms with Crippen molar-refractivity contribution in [3.05, 3.63) is 72.0 Å². The summed E-state index contributed by atoms with van der Waals surface area (Å²) in [6.45, 7) is 9.76. The van der Waals surface area contributed by atoms with E-state index in [9.17, 15) is 14.3 Å². The van der Waals surface area contributed by atoms with Crippen molar-refractivity contribution in [3.63, 3.8) is 0 Å². The number of nitrogens with zero attached hydrogens (tertiary/aromatic N) is 1. The summed E-state index contributed by atoms with van der Waals surface area (Å²) < 4.78 is 24.2. The third kappa shape index (κ3) is 10.9. The molecular formula is C28H36FN3O4. The Bertz CT molecular complexity index is 1090. The first kappa shape index (κ1) is 28.9. The first-order chi connectivity index (χ1) is 16.9. The van der Waals surface area contributed by atoms with E-state index in [1.165, 1.54) is 12.1 Å². The Kier molecular flexibility index (Phi) is 11.0. The molecule has 8 heteroatoms. The molecule has 0 unspecified atom stereocenters. The lowest BCUT2D eigenvalue weighted by molar-refractivity contribution is -0.175. The van der Waals surface area contributed by atoms with Gasteiger partial charge in [-0.2, -0.15) is 0 Å². The fraction of sp³-hybridized carbons (Fsp3) is 0.357. The lowest BCUT2D eigenvalue weighted by Crippen LogP contribution is -2.24. The van der Waals surface area contributed by atoms with E-state index in [-0.39, 0.29) is 18.3 Å².